The molecule has 0 aliphatic heterocycles. The number of rotatable bonds is 5. The molecule has 0 radical (unpaired) electrons. The van der Waals surface area contributed by atoms with Crippen molar-refractivity contribution < 1.29 is 9.32 Å². The minimum Gasteiger partial charge on any atom is -0.361 e. The monoisotopic (exact) mass is 335 g/mol. The highest BCUT2D eigenvalue weighted by atomic mass is 35.5. The average molecular weight is 336 g/mol. The molecule has 0 fully saturated rings. The molecule has 0 aliphatic rings. The highest BCUT2D eigenvalue weighted by Crippen LogP contribution is 2.21. The lowest BCUT2D eigenvalue weighted by atomic mass is 10.0. The lowest BCUT2D eigenvalue weighted by molar-refractivity contribution is 0.202. The van der Waals surface area contributed by atoms with Crippen LogP contribution in [0, 0.1) is 13.8 Å². The zero-order chi connectivity index (χ0) is 17.0. The Morgan fingerprint density at radius 3 is 2.74 bits per heavy atom. The SMILES string of the molecule is CCC(NC(=O)N(C)Cc1c(C)noc1C)c1cccc(Cl)c1. The quantitative estimate of drug-likeness (QED) is 0.889. The van der Waals surface area contributed by atoms with Crippen molar-refractivity contribution in [3.05, 3.63) is 51.9 Å². The molecule has 2 amide bonds. The zero-order valence-corrected chi connectivity index (χ0v) is 14.6. The van der Waals surface area contributed by atoms with Crippen LogP contribution in [0.5, 0.6) is 0 Å². The molecule has 5 nitrogen and oxygen atoms in total. The fourth-order valence-corrected chi connectivity index (χ4v) is 2.64. The number of aromatic nitrogens is 1. The molecule has 1 N–H and O–H groups in total. The van der Waals surface area contributed by atoms with Crippen molar-refractivity contribution >= 4 is 17.6 Å². The van der Waals surface area contributed by atoms with E-state index in [0.29, 0.717) is 11.6 Å². The molecule has 0 saturated heterocycles. The minimum absolute atomic E-state index is 0.0756. The minimum atomic E-state index is -0.142. The lowest BCUT2D eigenvalue weighted by Gasteiger charge is -2.23. The van der Waals surface area contributed by atoms with Gasteiger partial charge in [-0.05, 0) is 38.0 Å². The molecule has 1 heterocycles. The van der Waals surface area contributed by atoms with E-state index < -0.39 is 0 Å². The third-order valence-corrected chi connectivity index (χ3v) is 4.12. The van der Waals surface area contributed by atoms with E-state index >= 15 is 0 Å². The summed E-state index contributed by atoms with van der Waals surface area (Å²) in [6.07, 6.45) is 0.783. The second-order valence-corrected chi connectivity index (χ2v) is 6.06. The molecule has 1 aromatic heterocycles. The number of hydrogen-bond acceptors (Lipinski definition) is 3. The Labute approximate surface area is 141 Å². The normalized spacial score (nSPS) is 12.0. The predicted molar refractivity (Wildman–Crippen MR) is 90.5 cm³/mol. The summed E-state index contributed by atoms with van der Waals surface area (Å²) < 4.78 is 5.14. The van der Waals surface area contributed by atoms with Crippen molar-refractivity contribution in [1.82, 2.24) is 15.4 Å². The van der Waals surface area contributed by atoms with Gasteiger partial charge in [0.25, 0.3) is 0 Å². The van der Waals surface area contributed by atoms with Gasteiger partial charge < -0.3 is 14.7 Å². The summed E-state index contributed by atoms with van der Waals surface area (Å²) in [6, 6.07) is 7.34. The van der Waals surface area contributed by atoms with Crippen molar-refractivity contribution in [2.75, 3.05) is 7.05 Å². The van der Waals surface area contributed by atoms with E-state index in [2.05, 4.69) is 10.5 Å². The topological polar surface area (TPSA) is 58.4 Å². The number of halogens is 1. The molecule has 0 bridgehead atoms. The van der Waals surface area contributed by atoms with E-state index in [9.17, 15) is 4.79 Å². The highest BCUT2D eigenvalue weighted by molar-refractivity contribution is 6.30. The summed E-state index contributed by atoms with van der Waals surface area (Å²) in [7, 11) is 1.76. The number of carbonyl (C=O) groups excluding carboxylic acids is 1. The first-order valence-electron chi connectivity index (χ1n) is 7.61. The molecule has 2 rings (SSSR count). The number of hydrogen-bond donors (Lipinski definition) is 1. The Bertz CT molecular complexity index is 665. The Balaban J connectivity index is 2.04. The molecular weight excluding hydrogens is 314 g/mol. The summed E-state index contributed by atoms with van der Waals surface area (Å²) in [5.74, 6) is 0.740. The first kappa shape index (κ1) is 17.3. The number of nitrogens with zero attached hydrogens (tertiary/aromatic N) is 2. The van der Waals surface area contributed by atoms with Crippen molar-refractivity contribution in [3.63, 3.8) is 0 Å². The highest BCUT2D eigenvalue weighted by Gasteiger charge is 2.18. The van der Waals surface area contributed by atoms with Gasteiger partial charge in [-0.1, -0.05) is 35.8 Å². The van der Waals surface area contributed by atoms with Gasteiger partial charge in [-0.15, -0.1) is 0 Å². The number of carbonyl (C=O) groups is 1. The van der Waals surface area contributed by atoms with E-state index in [1.165, 1.54) is 0 Å². The molecule has 6 heteroatoms. The fraction of sp³-hybridized carbons (Fsp3) is 0.412. The van der Waals surface area contributed by atoms with Crippen LogP contribution in [-0.2, 0) is 6.54 Å². The van der Waals surface area contributed by atoms with Gasteiger partial charge in [0, 0.05) is 17.6 Å². The van der Waals surface area contributed by atoms with Crippen LogP contribution in [-0.4, -0.2) is 23.1 Å². The van der Waals surface area contributed by atoms with Gasteiger partial charge in [0.2, 0.25) is 0 Å². The smallest absolute Gasteiger partial charge is 0.317 e. The van der Waals surface area contributed by atoms with Crippen LogP contribution in [0.3, 0.4) is 0 Å². The zero-order valence-electron chi connectivity index (χ0n) is 13.9. The van der Waals surface area contributed by atoms with E-state index in [1.807, 2.05) is 45.0 Å². The number of nitrogens with one attached hydrogen (secondary N) is 1. The molecule has 1 atom stereocenters. The van der Waals surface area contributed by atoms with Crippen molar-refractivity contribution in [3.8, 4) is 0 Å². The summed E-state index contributed by atoms with van der Waals surface area (Å²) in [6.45, 7) is 6.21. The molecule has 23 heavy (non-hydrogen) atoms. The summed E-state index contributed by atoms with van der Waals surface area (Å²) in [5, 5.41) is 7.62. The van der Waals surface area contributed by atoms with Crippen LogP contribution in [0.1, 0.15) is 42.0 Å². The summed E-state index contributed by atoms with van der Waals surface area (Å²) >= 11 is 6.03. The van der Waals surface area contributed by atoms with Crippen molar-refractivity contribution in [2.45, 2.75) is 39.8 Å². The number of aryl methyl sites for hydroxylation is 2. The Hall–Kier alpha value is -2.01. The maximum Gasteiger partial charge on any atom is 0.317 e. The molecular formula is C17H22ClN3O2. The van der Waals surface area contributed by atoms with Crippen LogP contribution in [0.25, 0.3) is 0 Å². The number of benzene rings is 1. The van der Waals surface area contributed by atoms with E-state index in [1.54, 1.807) is 11.9 Å². The van der Waals surface area contributed by atoms with Crippen molar-refractivity contribution in [1.29, 1.82) is 0 Å². The second-order valence-electron chi connectivity index (χ2n) is 5.62. The second kappa shape index (κ2) is 7.51. The van der Waals surface area contributed by atoms with Gasteiger partial charge in [0.05, 0.1) is 18.3 Å². The number of amides is 2. The van der Waals surface area contributed by atoms with Crippen molar-refractivity contribution in [2.24, 2.45) is 0 Å². The molecule has 0 saturated carbocycles. The molecule has 0 spiro atoms. The summed E-state index contributed by atoms with van der Waals surface area (Å²) in [5.41, 5.74) is 2.75. The van der Waals surface area contributed by atoms with E-state index in [4.69, 9.17) is 16.1 Å². The average Bonchev–Trinajstić information content (AvgIpc) is 2.84. The third kappa shape index (κ3) is 4.26. The van der Waals surface area contributed by atoms with Crippen LogP contribution >= 0.6 is 11.6 Å². The third-order valence-electron chi connectivity index (χ3n) is 3.88. The predicted octanol–water partition coefficient (Wildman–Crippen LogP) is 4.24. The Morgan fingerprint density at radius 2 is 2.17 bits per heavy atom. The van der Waals surface area contributed by atoms with Crippen LogP contribution in [0.15, 0.2) is 28.8 Å². The summed E-state index contributed by atoms with van der Waals surface area (Å²) in [4.78, 5) is 14.1. The van der Waals surface area contributed by atoms with Gasteiger partial charge in [-0.2, -0.15) is 0 Å². The van der Waals surface area contributed by atoms with Gasteiger partial charge in [0.15, 0.2) is 0 Å². The van der Waals surface area contributed by atoms with E-state index in [0.717, 1.165) is 29.0 Å². The lowest BCUT2D eigenvalue weighted by Crippen LogP contribution is -2.39. The van der Waals surface area contributed by atoms with Gasteiger partial charge >= 0.3 is 6.03 Å². The Kier molecular flexibility index (Phi) is 5.66. The van der Waals surface area contributed by atoms with Gasteiger partial charge in [0.1, 0.15) is 5.76 Å². The molecule has 124 valence electrons. The van der Waals surface area contributed by atoms with Crippen LogP contribution < -0.4 is 5.32 Å². The molecule has 0 aliphatic carbocycles. The largest absolute Gasteiger partial charge is 0.361 e. The van der Waals surface area contributed by atoms with E-state index in [-0.39, 0.29) is 12.1 Å². The van der Waals surface area contributed by atoms with Crippen LogP contribution in [0.2, 0.25) is 5.02 Å². The first-order valence-corrected chi connectivity index (χ1v) is 7.99. The maximum atomic E-state index is 12.5. The molecule has 2 aromatic rings. The Morgan fingerprint density at radius 1 is 1.43 bits per heavy atom. The fourth-order valence-electron chi connectivity index (χ4n) is 2.44. The van der Waals surface area contributed by atoms with Crippen LogP contribution in [0.4, 0.5) is 4.79 Å². The van der Waals surface area contributed by atoms with Gasteiger partial charge in [-0.25, -0.2) is 4.79 Å². The standard InChI is InChI=1S/C17H22ClN3O2/c1-5-16(13-7-6-8-14(18)9-13)19-17(22)21(4)10-15-11(2)20-23-12(15)3/h6-9,16H,5,10H2,1-4H3,(H,19,22). The first-order chi connectivity index (χ1) is 10.9. The molecule has 1 unspecified atom stereocenters. The molecule has 1 aromatic carbocycles. The number of urea groups is 1. The van der Waals surface area contributed by atoms with Gasteiger partial charge in [-0.3, -0.25) is 0 Å². The maximum absolute atomic E-state index is 12.5.